The fourth-order valence-electron chi connectivity index (χ4n) is 1.38. The summed E-state index contributed by atoms with van der Waals surface area (Å²) in [5, 5.41) is 0.270. The van der Waals surface area contributed by atoms with Gasteiger partial charge in [0.25, 0.3) is 0 Å². The molecule has 4 heteroatoms. The standard InChI is InChI=1S/C14H17BrO3/c1-3-7-17-11-5-6-12(13(16)10-15)14(9-11)18-8-4-2/h4-6,9H,2-3,7-8,10H2,1H3. The zero-order valence-corrected chi connectivity index (χ0v) is 12.0. The fraction of sp³-hybridized carbons (Fsp3) is 0.357. The first-order valence-corrected chi connectivity index (χ1v) is 6.94. The van der Waals surface area contributed by atoms with Crippen molar-refractivity contribution in [1.82, 2.24) is 0 Å². The van der Waals surface area contributed by atoms with E-state index in [1.54, 1.807) is 24.3 Å². The SMILES string of the molecule is C=CCOc1cc(OCCC)ccc1C(=O)CBr. The minimum Gasteiger partial charge on any atom is -0.493 e. The lowest BCUT2D eigenvalue weighted by molar-refractivity contribution is 0.102. The summed E-state index contributed by atoms with van der Waals surface area (Å²) in [5.41, 5.74) is 0.553. The van der Waals surface area contributed by atoms with Crippen LogP contribution in [0.2, 0.25) is 0 Å². The van der Waals surface area contributed by atoms with Crippen LogP contribution in [-0.4, -0.2) is 24.3 Å². The van der Waals surface area contributed by atoms with Gasteiger partial charge in [-0.05, 0) is 18.6 Å². The van der Waals surface area contributed by atoms with Crippen molar-refractivity contribution >= 4 is 21.7 Å². The molecule has 3 nitrogen and oxygen atoms in total. The van der Waals surface area contributed by atoms with Crippen molar-refractivity contribution in [2.45, 2.75) is 13.3 Å². The second-order valence-electron chi connectivity index (χ2n) is 3.66. The van der Waals surface area contributed by atoms with Crippen LogP contribution in [0.1, 0.15) is 23.7 Å². The van der Waals surface area contributed by atoms with E-state index in [9.17, 15) is 4.79 Å². The van der Waals surface area contributed by atoms with Gasteiger partial charge in [0.05, 0.1) is 17.5 Å². The van der Waals surface area contributed by atoms with Gasteiger partial charge in [0.2, 0.25) is 0 Å². The summed E-state index contributed by atoms with van der Waals surface area (Å²) in [6.45, 7) is 6.64. The molecule has 0 aliphatic carbocycles. The summed E-state index contributed by atoms with van der Waals surface area (Å²) in [7, 11) is 0. The molecule has 18 heavy (non-hydrogen) atoms. The van der Waals surface area contributed by atoms with Gasteiger partial charge >= 0.3 is 0 Å². The Morgan fingerprint density at radius 3 is 2.83 bits per heavy atom. The van der Waals surface area contributed by atoms with Crippen molar-refractivity contribution in [3.05, 3.63) is 36.4 Å². The smallest absolute Gasteiger partial charge is 0.177 e. The molecule has 0 N–H and O–H groups in total. The van der Waals surface area contributed by atoms with E-state index in [4.69, 9.17) is 9.47 Å². The van der Waals surface area contributed by atoms with Gasteiger partial charge in [0.15, 0.2) is 5.78 Å². The van der Waals surface area contributed by atoms with Crippen LogP contribution in [-0.2, 0) is 0 Å². The molecule has 98 valence electrons. The Morgan fingerprint density at radius 1 is 1.44 bits per heavy atom. The van der Waals surface area contributed by atoms with Gasteiger partial charge in [-0.2, -0.15) is 0 Å². The molecule has 0 bridgehead atoms. The minimum absolute atomic E-state index is 0.0175. The Balaban J connectivity index is 2.95. The van der Waals surface area contributed by atoms with Gasteiger partial charge in [-0.15, -0.1) is 0 Å². The second kappa shape index (κ2) is 7.93. The quantitative estimate of drug-likeness (QED) is 0.418. The maximum Gasteiger partial charge on any atom is 0.177 e. The van der Waals surface area contributed by atoms with Gasteiger partial charge in [-0.3, -0.25) is 4.79 Å². The van der Waals surface area contributed by atoms with Gasteiger partial charge in [-0.1, -0.05) is 35.5 Å². The molecule has 0 saturated heterocycles. The Labute approximate surface area is 116 Å². The Hall–Kier alpha value is -1.29. The highest BCUT2D eigenvalue weighted by molar-refractivity contribution is 9.09. The molecule has 1 aromatic carbocycles. The summed E-state index contributed by atoms with van der Waals surface area (Å²) >= 11 is 3.16. The monoisotopic (exact) mass is 312 g/mol. The van der Waals surface area contributed by atoms with Crippen LogP contribution in [0.4, 0.5) is 0 Å². The molecule has 0 unspecified atom stereocenters. The minimum atomic E-state index is -0.0175. The van der Waals surface area contributed by atoms with Gasteiger partial charge in [0, 0.05) is 6.07 Å². The number of benzene rings is 1. The maximum absolute atomic E-state index is 11.7. The summed E-state index contributed by atoms with van der Waals surface area (Å²) in [4.78, 5) is 11.7. The molecule has 0 saturated carbocycles. The van der Waals surface area contributed by atoms with Crippen molar-refractivity contribution in [3.8, 4) is 11.5 Å². The molecule has 0 aromatic heterocycles. The molecule has 0 fully saturated rings. The lowest BCUT2D eigenvalue weighted by atomic mass is 10.1. The molecular formula is C14H17BrO3. The summed E-state index contributed by atoms with van der Waals surface area (Å²) in [6, 6.07) is 5.26. The summed E-state index contributed by atoms with van der Waals surface area (Å²) in [6.07, 6.45) is 2.58. The predicted molar refractivity (Wildman–Crippen MR) is 76.0 cm³/mol. The first kappa shape index (κ1) is 14.8. The normalized spacial score (nSPS) is 9.89. The number of Topliss-reactive ketones (excluding diaryl/α,β-unsaturated/α-hetero) is 1. The van der Waals surface area contributed by atoms with Crippen LogP contribution >= 0.6 is 15.9 Å². The van der Waals surface area contributed by atoms with Gasteiger partial charge < -0.3 is 9.47 Å². The number of ether oxygens (including phenoxy) is 2. The average Bonchev–Trinajstić information content (AvgIpc) is 2.42. The third-order valence-corrected chi connectivity index (χ3v) is 2.71. The van der Waals surface area contributed by atoms with Crippen LogP contribution in [0.5, 0.6) is 11.5 Å². The van der Waals surface area contributed by atoms with Crippen molar-refractivity contribution < 1.29 is 14.3 Å². The number of alkyl halides is 1. The highest BCUT2D eigenvalue weighted by Gasteiger charge is 2.12. The molecule has 1 aromatic rings. The maximum atomic E-state index is 11.7. The van der Waals surface area contributed by atoms with E-state index in [-0.39, 0.29) is 11.1 Å². The third kappa shape index (κ3) is 4.18. The van der Waals surface area contributed by atoms with E-state index in [1.807, 2.05) is 6.92 Å². The van der Waals surface area contributed by atoms with E-state index >= 15 is 0 Å². The molecular weight excluding hydrogens is 296 g/mol. The Bertz CT molecular complexity index is 416. The molecule has 0 atom stereocenters. The van der Waals surface area contributed by atoms with Crippen LogP contribution in [0.25, 0.3) is 0 Å². The van der Waals surface area contributed by atoms with Gasteiger partial charge in [0.1, 0.15) is 18.1 Å². The second-order valence-corrected chi connectivity index (χ2v) is 4.22. The van der Waals surface area contributed by atoms with Crippen molar-refractivity contribution in [2.75, 3.05) is 18.5 Å². The van der Waals surface area contributed by atoms with Crippen LogP contribution < -0.4 is 9.47 Å². The largest absolute Gasteiger partial charge is 0.493 e. The van der Waals surface area contributed by atoms with E-state index < -0.39 is 0 Å². The Kier molecular flexibility index (Phi) is 6.50. The van der Waals surface area contributed by atoms with Gasteiger partial charge in [-0.25, -0.2) is 0 Å². The number of hydrogen-bond donors (Lipinski definition) is 0. The molecule has 0 heterocycles. The molecule has 0 amide bonds. The van der Waals surface area contributed by atoms with E-state index in [0.717, 1.165) is 6.42 Å². The molecule has 0 aliphatic heterocycles. The number of carbonyl (C=O) groups excluding carboxylic acids is 1. The van der Waals surface area contributed by atoms with Crippen LogP contribution in [0.3, 0.4) is 0 Å². The fourth-order valence-corrected chi connectivity index (χ4v) is 1.68. The number of carbonyl (C=O) groups is 1. The van der Waals surface area contributed by atoms with Crippen molar-refractivity contribution in [2.24, 2.45) is 0 Å². The third-order valence-electron chi connectivity index (χ3n) is 2.20. The number of rotatable bonds is 8. The number of hydrogen-bond acceptors (Lipinski definition) is 3. The van der Waals surface area contributed by atoms with E-state index in [0.29, 0.717) is 30.3 Å². The average molecular weight is 313 g/mol. The number of halogens is 1. The first-order chi connectivity index (χ1) is 8.72. The molecule has 0 radical (unpaired) electrons. The highest BCUT2D eigenvalue weighted by atomic mass is 79.9. The zero-order chi connectivity index (χ0) is 13.4. The topological polar surface area (TPSA) is 35.5 Å². The van der Waals surface area contributed by atoms with Crippen molar-refractivity contribution in [3.63, 3.8) is 0 Å². The first-order valence-electron chi connectivity index (χ1n) is 5.82. The molecule has 1 rings (SSSR count). The molecule has 0 aliphatic rings. The number of ketones is 1. The van der Waals surface area contributed by atoms with E-state index in [1.165, 1.54) is 0 Å². The highest BCUT2D eigenvalue weighted by Crippen LogP contribution is 2.26. The zero-order valence-electron chi connectivity index (χ0n) is 10.4. The molecule has 0 spiro atoms. The lowest BCUT2D eigenvalue weighted by Crippen LogP contribution is -2.06. The summed E-state index contributed by atoms with van der Waals surface area (Å²) < 4.78 is 11.0. The Morgan fingerprint density at radius 2 is 2.22 bits per heavy atom. The van der Waals surface area contributed by atoms with Crippen molar-refractivity contribution in [1.29, 1.82) is 0 Å². The van der Waals surface area contributed by atoms with E-state index in [2.05, 4.69) is 22.5 Å². The van der Waals surface area contributed by atoms with Crippen LogP contribution in [0.15, 0.2) is 30.9 Å². The lowest BCUT2D eigenvalue weighted by Gasteiger charge is -2.11. The summed E-state index contributed by atoms with van der Waals surface area (Å²) in [5.74, 6) is 1.23. The predicted octanol–water partition coefficient (Wildman–Crippen LogP) is 3.62. The van der Waals surface area contributed by atoms with Crippen LogP contribution in [0, 0.1) is 0 Å².